The standard InChI is InChI=1S/C95H173NO18/c1-3-5-7-9-11-13-15-17-19-21-23-25-27-29-31-33-35-36-37-38-39-40-41-42-43-45-47-49-51-53-55-57-59-61-63-65-67-69-71-73-83(101)96-78(79(100)72-70-68-66-64-62-60-58-56-54-52-50-48-46-44-34-32-30-28-26-24-22-20-18-16-14-12-10-8-6-4-2)77-109-93-89(107)86(104)91(81(75-98)111-93)114-95-90(108)87(105)92(82(76-99)112-95)113-94-88(106)85(103)84(102)80(74-97)110-94/h5,7,11,13,17,19,23,25,29,31,35-36,78-82,84-95,97-100,102-108H,3-4,6,8-10,12,14-16,18,20-22,24,26-28,30,32-34,37-77H2,1-2H3,(H,96,101)/b7-5-,13-11-,19-17-,25-23-,31-29-,36-35-. The first-order valence-corrected chi connectivity index (χ1v) is 47.2. The van der Waals surface area contributed by atoms with Gasteiger partial charge in [-0.1, -0.05) is 395 Å². The molecule has 17 atom stereocenters. The first-order chi connectivity index (χ1) is 55.8. The van der Waals surface area contributed by atoms with Crippen molar-refractivity contribution in [2.45, 2.75) is 497 Å². The number of aliphatic hydroxyl groups is 11. The molecule has 0 spiro atoms. The fourth-order valence-electron chi connectivity index (χ4n) is 15.9. The van der Waals surface area contributed by atoms with Crippen LogP contribution in [-0.2, 0) is 33.2 Å². The molecule has 3 aliphatic rings. The zero-order valence-electron chi connectivity index (χ0n) is 72.1. The highest BCUT2D eigenvalue weighted by Crippen LogP contribution is 2.34. The van der Waals surface area contributed by atoms with E-state index in [0.717, 1.165) is 83.5 Å². The third kappa shape index (κ3) is 51.8. The molecule has 0 saturated carbocycles. The molecule has 0 bridgehead atoms. The Morgan fingerprint density at radius 1 is 0.325 bits per heavy atom. The Bertz CT molecular complexity index is 2340. The van der Waals surface area contributed by atoms with Crippen molar-refractivity contribution >= 4 is 5.91 Å². The molecule has 0 aliphatic carbocycles. The zero-order valence-corrected chi connectivity index (χ0v) is 72.1. The van der Waals surface area contributed by atoms with Gasteiger partial charge in [0, 0.05) is 6.42 Å². The van der Waals surface area contributed by atoms with Gasteiger partial charge in [0.05, 0.1) is 38.6 Å². The number of rotatable bonds is 77. The van der Waals surface area contributed by atoms with Crippen LogP contribution >= 0.6 is 0 Å². The van der Waals surface area contributed by atoms with Gasteiger partial charge in [0.1, 0.15) is 73.2 Å². The number of hydrogen-bond acceptors (Lipinski definition) is 18. The van der Waals surface area contributed by atoms with E-state index in [1.165, 1.54) is 276 Å². The molecule has 3 aliphatic heterocycles. The minimum atomic E-state index is -1.97. The Morgan fingerprint density at radius 2 is 0.605 bits per heavy atom. The Hall–Kier alpha value is -2.77. The second-order valence-corrected chi connectivity index (χ2v) is 33.5. The van der Waals surface area contributed by atoms with Crippen LogP contribution in [0.1, 0.15) is 393 Å². The van der Waals surface area contributed by atoms with Gasteiger partial charge in [-0.2, -0.15) is 0 Å². The predicted octanol–water partition coefficient (Wildman–Crippen LogP) is 18.7. The summed E-state index contributed by atoms with van der Waals surface area (Å²) in [5.41, 5.74) is 0. The lowest BCUT2D eigenvalue weighted by atomic mass is 9.96. The van der Waals surface area contributed by atoms with Crippen molar-refractivity contribution < 1.29 is 89.4 Å². The maximum atomic E-state index is 13.6. The van der Waals surface area contributed by atoms with Gasteiger partial charge in [0.2, 0.25) is 5.91 Å². The van der Waals surface area contributed by atoms with Gasteiger partial charge in [-0.25, -0.2) is 0 Å². The average Bonchev–Trinajstić information content (AvgIpc) is 0.783. The second kappa shape index (κ2) is 74.1. The minimum absolute atomic E-state index is 0.236. The van der Waals surface area contributed by atoms with Crippen molar-refractivity contribution in [1.82, 2.24) is 5.32 Å². The minimum Gasteiger partial charge on any atom is -0.394 e. The van der Waals surface area contributed by atoms with Crippen LogP contribution in [0.3, 0.4) is 0 Å². The number of amides is 1. The van der Waals surface area contributed by atoms with E-state index < -0.39 is 124 Å². The van der Waals surface area contributed by atoms with Gasteiger partial charge >= 0.3 is 0 Å². The molecule has 1 amide bonds. The van der Waals surface area contributed by atoms with Crippen molar-refractivity contribution in [3.63, 3.8) is 0 Å². The Morgan fingerprint density at radius 3 is 0.947 bits per heavy atom. The van der Waals surface area contributed by atoms with E-state index in [9.17, 15) is 61.0 Å². The second-order valence-electron chi connectivity index (χ2n) is 33.5. The maximum absolute atomic E-state index is 13.6. The molecule has 666 valence electrons. The lowest BCUT2D eigenvalue weighted by Gasteiger charge is -2.48. The van der Waals surface area contributed by atoms with Gasteiger partial charge in [-0.05, 0) is 64.2 Å². The summed E-state index contributed by atoms with van der Waals surface area (Å²) in [5, 5.41) is 121. The number of carbonyl (C=O) groups is 1. The summed E-state index contributed by atoms with van der Waals surface area (Å²) < 4.78 is 34.6. The topological polar surface area (TPSA) is 307 Å². The van der Waals surface area contributed by atoms with Gasteiger partial charge in [0.15, 0.2) is 18.9 Å². The molecule has 114 heavy (non-hydrogen) atoms. The molecule has 19 heteroatoms. The summed E-state index contributed by atoms with van der Waals surface area (Å²) >= 11 is 0. The predicted molar refractivity (Wildman–Crippen MR) is 462 cm³/mol. The third-order valence-electron chi connectivity index (χ3n) is 23.3. The lowest BCUT2D eigenvalue weighted by molar-refractivity contribution is -0.379. The summed E-state index contributed by atoms with van der Waals surface area (Å²) in [6, 6.07) is -0.891. The number of unbranched alkanes of at least 4 members (excludes halogenated alkanes) is 49. The SMILES string of the molecule is CC/C=C\C/C=C\C/C=C\C/C=C\C/C=C\C/C=C\CCCCCCCCCCCCCCCCCCCCCCC(=O)NC(COC1OC(CO)C(OC2OC(CO)C(OC3OC(CO)C(O)C(O)C3O)C(O)C2O)C(O)C1O)C(O)CCCCCCCCCCCCCCCCCCCCCCCCCCCCCCCC. The van der Waals surface area contributed by atoms with E-state index in [1.54, 1.807) is 0 Å². The average molecular weight is 1620 g/mol. The maximum Gasteiger partial charge on any atom is 0.220 e. The summed E-state index contributed by atoms with van der Waals surface area (Å²) in [5.74, 6) is -0.236. The van der Waals surface area contributed by atoms with E-state index >= 15 is 0 Å². The molecular weight excluding hydrogens is 1440 g/mol. The first kappa shape index (κ1) is 105. The van der Waals surface area contributed by atoms with E-state index in [4.69, 9.17) is 28.4 Å². The number of ether oxygens (including phenoxy) is 6. The molecule has 19 nitrogen and oxygen atoms in total. The quantitative estimate of drug-likeness (QED) is 0.0199. The van der Waals surface area contributed by atoms with Crippen LogP contribution < -0.4 is 5.32 Å². The van der Waals surface area contributed by atoms with Gasteiger partial charge in [0.25, 0.3) is 0 Å². The summed E-state index contributed by atoms with van der Waals surface area (Å²) in [7, 11) is 0. The normalized spacial score (nSPS) is 25.0. The van der Waals surface area contributed by atoms with Crippen LogP contribution in [0, 0.1) is 0 Å². The molecular formula is C95H173NO18. The van der Waals surface area contributed by atoms with Crippen molar-refractivity contribution in [3.05, 3.63) is 72.9 Å². The monoisotopic (exact) mass is 1620 g/mol. The van der Waals surface area contributed by atoms with E-state index in [2.05, 4.69) is 92.1 Å². The molecule has 0 aromatic carbocycles. The van der Waals surface area contributed by atoms with Crippen LogP contribution in [0.5, 0.6) is 0 Å². The van der Waals surface area contributed by atoms with Crippen molar-refractivity contribution in [2.24, 2.45) is 0 Å². The highest BCUT2D eigenvalue weighted by Gasteiger charge is 2.54. The molecule has 3 rings (SSSR count). The number of allylic oxidation sites excluding steroid dienone is 12. The Balaban J connectivity index is 1.29. The molecule has 3 fully saturated rings. The van der Waals surface area contributed by atoms with Crippen LogP contribution in [0.25, 0.3) is 0 Å². The number of carbonyl (C=O) groups excluding carboxylic acids is 1. The summed E-state index contributed by atoms with van der Waals surface area (Å²) in [6.07, 6.45) is 73.0. The van der Waals surface area contributed by atoms with E-state index in [0.29, 0.717) is 12.8 Å². The van der Waals surface area contributed by atoms with Crippen molar-refractivity contribution in [3.8, 4) is 0 Å². The molecule has 17 unspecified atom stereocenters. The smallest absolute Gasteiger partial charge is 0.220 e. The van der Waals surface area contributed by atoms with Crippen LogP contribution in [0.4, 0.5) is 0 Å². The molecule has 0 aromatic heterocycles. The molecule has 3 heterocycles. The van der Waals surface area contributed by atoms with Crippen LogP contribution in [0.2, 0.25) is 0 Å². The van der Waals surface area contributed by atoms with E-state index in [1.807, 2.05) is 0 Å². The number of aliphatic hydroxyl groups excluding tert-OH is 11. The number of hydrogen-bond donors (Lipinski definition) is 12. The molecule has 3 saturated heterocycles. The third-order valence-corrected chi connectivity index (χ3v) is 23.3. The highest BCUT2D eigenvalue weighted by atomic mass is 16.8. The Labute approximate surface area is 693 Å². The molecule has 12 N–H and O–H groups in total. The number of nitrogens with one attached hydrogen (secondary N) is 1. The lowest BCUT2D eigenvalue weighted by Crippen LogP contribution is -2.66. The zero-order chi connectivity index (χ0) is 82.4. The first-order valence-electron chi connectivity index (χ1n) is 47.2. The summed E-state index contributed by atoms with van der Waals surface area (Å²) in [4.78, 5) is 13.6. The fraction of sp³-hybridized carbons (Fsp3) is 0.863. The molecule has 0 radical (unpaired) electrons. The largest absolute Gasteiger partial charge is 0.394 e. The summed E-state index contributed by atoms with van der Waals surface area (Å²) in [6.45, 7) is 1.75. The van der Waals surface area contributed by atoms with Crippen LogP contribution in [-0.4, -0.2) is 193 Å². The Kier molecular flexibility index (Phi) is 68.5. The van der Waals surface area contributed by atoms with Crippen molar-refractivity contribution in [1.29, 1.82) is 0 Å². The van der Waals surface area contributed by atoms with Crippen LogP contribution in [0.15, 0.2) is 72.9 Å². The fourth-order valence-corrected chi connectivity index (χ4v) is 15.9. The molecule has 0 aromatic rings. The van der Waals surface area contributed by atoms with Gasteiger partial charge in [-0.3, -0.25) is 4.79 Å². The van der Waals surface area contributed by atoms with Gasteiger partial charge < -0.3 is 89.9 Å². The van der Waals surface area contributed by atoms with Crippen molar-refractivity contribution in [2.75, 3.05) is 26.4 Å². The highest BCUT2D eigenvalue weighted by molar-refractivity contribution is 5.76. The van der Waals surface area contributed by atoms with Gasteiger partial charge in [-0.15, -0.1) is 0 Å². The van der Waals surface area contributed by atoms with E-state index in [-0.39, 0.29) is 18.9 Å².